The van der Waals surface area contributed by atoms with E-state index in [1.165, 1.54) is 0 Å². The summed E-state index contributed by atoms with van der Waals surface area (Å²) in [5.74, 6) is -0.356. The largest absolute Gasteiger partial charge is 0.346 e. The highest BCUT2D eigenvalue weighted by Gasteiger charge is 2.22. The van der Waals surface area contributed by atoms with Crippen molar-refractivity contribution < 1.29 is 4.79 Å². The van der Waals surface area contributed by atoms with Gasteiger partial charge in [0, 0.05) is 18.1 Å². The van der Waals surface area contributed by atoms with Gasteiger partial charge in [-0.3, -0.25) is 4.79 Å². The Kier molecular flexibility index (Phi) is 5.26. The van der Waals surface area contributed by atoms with Crippen molar-refractivity contribution in [1.29, 1.82) is 0 Å². The van der Waals surface area contributed by atoms with E-state index in [4.69, 9.17) is 5.73 Å². The van der Waals surface area contributed by atoms with E-state index >= 15 is 0 Å². The fraction of sp³-hybridized carbons (Fsp3) is 0.333. The van der Waals surface area contributed by atoms with Gasteiger partial charge in [0.05, 0.1) is 12.0 Å². The number of rotatable bonds is 6. The fourth-order valence-electron chi connectivity index (χ4n) is 2.10. The molecule has 0 bridgehead atoms. The Labute approximate surface area is 123 Å². The number of nitrogens with zero attached hydrogens (tertiary/aromatic N) is 1. The molecule has 0 aliphatic carbocycles. The van der Waals surface area contributed by atoms with Crippen LogP contribution in [0.1, 0.15) is 35.9 Å². The second-order valence-corrected chi connectivity index (χ2v) is 5.46. The third-order valence-electron chi connectivity index (χ3n) is 3.23. The number of hydrogen-bond acceptors (Lipinski definition) is 4. The van der Waals surface area contributed by atoms with Crippen LogP contribution in [-0.4, -0.2) is 17.4 Å². The number of hydrogen-bond donors (Lipinski definition) is 2. The lowest BCUT2D eigenvalue weighted by atomic mass is 9.98. The van der Waals surface area contributed by atoms with Crippen molar-refractivity contribution in [2.45, 2.75) is 25.3 Å². The van der Waals surface area contributed by atoms with Gasteiger partial charge in [0.25, 0.3) is 0 Å². The predicted octanol–water partition coefficient (Wildman–Crippen LogP) is 2.45. The van der Waals surface area contributed by atoms with Crippen LogP contribution >= 0.6 is 11.3 Å². The van der Waals surface area contributed by atoms with E-state index in [1.807, 2.05) is 42.6 Å². The molecule has 5 heteroatoms. The first-order valence-electron chi connectivity index (χ1n) is 6.71. The first kappa shape index (κ1) is 14.7. The van der Waals surface area contributed by atoms with Gasteiger partial charge in [-0.25, -0.2) is 4.98 Å². The molecular weight excluding hydrogens is 270 g/mol. The molecule has 0 spiro atoms. The van der Waals surface area contributed by atoms with Crippen LogP contribution in [0.5, 0.6) is 0 Å². The van der Waals surface area contributed by atoms with Crippen LogP contribution in [0.2, 0.25) is 0 Å². The third-order valence-corrected chi connectivity index (χ3v) is 4.12. The van der Waals surface area contributed by atoms with Gasteiger partial charge >= 0.3 is 0 Å². The number of benzene rings is 1. The molecule has 0 aliphatic heterocycles. The summed E-state index contributed by atoms with van der Waals surface area (Å²) in [5, 5.41) is 5.90. The number of thiazole rings is 1. The van der Waals surface area contributed by atoms with Gasteiger partial charge in [-0.05, 0) is 12.0 Å². The number of aromatic nitrogens is 1. The zero-order valence-corrected chi connectivity index (χ0v) is 12.3. The molecule has 0 radical (unpaired) electrons. The maximum atomic E-state index is 12.4. The van der Waals surface area contributed by atoms with E-state index in [9.17, 15) is 4.79 Å². The summed E-state index contributed by atoms with van der Waals surface area (Å²) in [6.45, 7) is 2.33. The minimum Gasteiger partial charge on any atom is -0.346 e. The first-order chi connectivity index (χ1) is 9.76. The molecule has 0 saturated heterocycles. The maximum absolute atomic E-state index is 12.4. The van der Waals surface area contributed by atoms with E-state index in [0.717, 1.165) is 17.0 Å². The monoisotopic (exact) mass is 289 g/mol. The molecule has 2 rings (SSSR count). The zero-order valence-electron chi connectivity index (χ0n) is 11.5. The SMILES string of the molecule is CCC(NC(=O)C(CN)c1ccccc1)c1nccs1. The summed E-state index contributed by atoms with van der Waals surface area (Å²) >= 11 is 1.56. The number of nitrogens with two attached hydrogens (primary N) is 1. The minimum absolute atomic E-state index is 0.0410. The Morgan fingerprint density at radius 2 is 2.15 bits per heavy atom. The Morgan fingerprint density at radius 1 is 1.40 bits per heavy atom. The lowest BCUT2D eigenvalue weighted by Crippen LogP contribution is -2.35. The molecular formula is C15H19N3OS. The smallest absolute Gasteiger partial charge is 0.229 e. The molecule has 1 aromatic carbocycles. The van der Waals surface area contributed by atoms with E-state index in [1.54, 1.807) is 17.5 Å². The van der Waals surface area contributed by atoms with Crippen molar-refractivity contribution in [3.05, 3.63) is 52.5 Å². The normalized spacial score (nSPS) is 13.7. The Bertz CT molecular complexity index is 527. The van der Waals surface area contributed by atoms with Crippen LogP contribution in [0.4, 0.5) is 0 Å². The highest BCUT2D eigenvalue weighted by atomic mass is 32.1. The van der Waals surface area contributed by atoms with E-state index in [2.05, 4.69) is 10.3 Å². The molecule has 106 valence electrons. The van der Waals surface area contributed by atoms with Crippen LogP contribution in [0.15, 0.2) is 41.9 Å². The Morgan fingerprint density at radius 3 is 2.70 bits per heavy atom. The quantitative estimate of drug-likeness (QED) is 0.858. The summed E-state index contributed by atoms with van der Waals surface area (Å²) in [6, 6.07) is 9.59. The van der Waals surface area contributed by atoms with Gasteiger partial charge < -0.3 is 11.1 Å². The van der Waals surface area contributed by atoms with Crippen molar-refractivity contribution in [2.24, 2.45) is 5.73 Å². The third kappa shape index (κ3) is 3.43. The number of amides is 1. The van der Waals surface area contributed by atoms with Crippen molar-refractivity contribution in [3.63, 3.8) is 0 Å². The van der Waals surface area contributed by atoms with Crippen molar-refractivity contribution in [1.82, 2.24) is 10.3 Å². The Hall–Kier alpha value is -1.72. The molecule has 3 N–H and O–H groups in total. The molecule has 1 aromatic heterocycles. The topological polar surface area (TPSA) is 68.0 Å². The summed E-state index contributed by atoms with van der Waals surface area (Å²) in [6.07, 6.45) is 2.57. The number of carbonyl (C=O) groups is 1. The van der Waals surface area contributed by atoms with Gasteiger partial charge in [-0.1, -0.05) is 37.3 Å². The predicted molar refractivity (Wildman–Crippen MR) is 81.5 cm³/mol. The average molecular weight is 289 g/mol. The van der Waals surface area contributed by atoms with Gasteiger partial charge in [-0.15, -0.1) is 11.3 Å². The van der Waals surface area contributed by atoms with E-state index in [-0.39, 0.29) is 17.9 Å². The average Bonchev–Trinajstić information content (AvgIpc) is 3.00. The van der Waals surface area contributed by atoms with Crippen molar-refractivity contribution in [2.75, 3.05) is 6.54 Å². The summed E-state index contributed by atoms with van der Waals surface area (Å²) in [4.78, 5) is 16.7. The molecule has 20 heavy (non-hydrogen) atoms. The standard InChI is InChI=1S/C15H19N3OS/c1-2-13(15-17-8-9-20-15)18-14(19)12(10-16)11-6-4-3-5-7-11/h3-9,12-13H,2,10,16H2,1H3,(H,18,19). The molecule has 2 unspecified atom stereocenters. The molecule has 2 aromatic rings. The van der Waals surface area contributed by atoms with Crippen LogP contribution in [0.3, 0.4) is 0 Å². The molecule has 4 nitrogen and oxygen atoms in total. The second kappa shape index (κ2) is 7.17. The van der Waals surface area contributed by atoms with Crippen LogP contribution in [0.25, 0.3) is 0 Å². The maximum Gasteiger partial charge on any atom is 0.229 e. The molecule has 0 saturated carbocycles. The zero-order chi connectivity index (χ0) is 14.4. The lowest BCUT2D eigenvalue weighted by Gasteiger charge is -2.20. The molecule has 1 amide bonds. The van der Waals surface area contributed by atoms with Gasteiger partial charge in [0.2, 0.25) is 5.91 Å². The van der Waals surface area contributed by atoms with Crippen LogP contribution < -0.4 is 11.1 Å². The fourth-order valence-corrected chi connectivity index (χ4v) is 2.87. The van der Waals surface area contributed by atoms with Crippen LogP contribution in [0, 0.1) is 0 Å². The van der Waals surface area contributed by atoms with Gasteiger partial charge in [0.15, 0.2) is 0 Å². The second-order valence-electron chi connectivity index (χ2n) is 4.54. The summed E-state index contributed by atoms with van der Waals surface area (Å²) in [7, 11) is 0. The summed E-state index contributed by atoms with van der Waals surface area (Å²) in [5.41, 5.74) is 6.71. The lowest BCUT2D eigenvalue weighted by molar-refractivity contribution is -0.123. The molecule has 0 aliphatic rings. The minimum atomic E-state index is -0.315. The molecule has 2 atom stereocenters. The van der Waals surface area contributed by atoms with Gasteiger partial charge in [-0.2, -0.15) is 0 Å². The molecule has 1 heterocycles. The van der Waals surface area contributed by atoms with Crippen LogP contribution in [-0.2, 0) is 4.79 Å². The Balaban J connectivity index is 2.09. The molecule has 0 fully saturated rings. The number of carbonyl (C=O) groups excluding carboxylic acids is 1. The highest BCUT2D eigenvalue weighted by Crippen LogP contribution is 2.21. The summed E-state index contributed by atoms with van der Waals surface area (Å²) < 4.78 is 0. The first-order valence-corrected chi connectivity index (χ1v) is 7.59. The van der Waals surface area contributed by atoms with Crippen molar-refractivity contribution >= 4 is 17.2 Å². The highest BCUT2D eigenvalue weighted by molar-refractivity contribution is 7.09. The number of nitrogens with one attached hydrogen (secondary N) is 1. The van der Waals surface area contributed by atoms with E-state index in [0.29, 0.717) is 6.54 Å². The van der Waals surface area contributed by atoms with Gasteiger partial charge in [0.1, 0.15) is 5.01 Å². The van der Waals surface area contributed by atoms with Crippen molar-refractivity contribution in [3.8, 4) is 0 Å². The van der Waals surface area contributed by atoms with E-state index < -0.39 is 0 Å².